The lowest BCUT2D eigenvalue weighted by Crippen LogP contribution is -2.06. The molecular weight excluding hydrogens is 292 g/mol. The van der Waals surface area contributed by atoms with Gasteiger partial charge < -0.3 is 9.47 Å². The fraction of sp³-hybridized carbons (Fsp3) is 0.0526. The van der Waals surface area contributed by atoms with Gasteiger partial charge in [-0.3, -0.25) is 4.79 Å². The first-order chi connectivity index (χ1) is 11.2. The molecule has 0 radical (unpaired) electrons. The number of esters is 1. The Bertz CT molecular complexity index is 973. The number of carbonyl (C=O) groups excluding carboxylic acids is 2. The standard InChI is InChI=1S/C19H12O4/c1-22-19(21)14-8-7-13-12-4-2-3-5-15(12)23-16-9-6-11(10-20)17(14)18(13)16/h2-10H,1H3. The number of fused-ring (bicyclic) bond motifs is 2. The number of benzene rings is 3. The van der Waals surface area contributed by atoms with Crippen molar-refractivity contribution in [1.29, 1.82) is 0 Å². The summed E-state index contributed by atoms with van der Waals surface area (Å²) >= 11 is 0. The van der Waals surface area contributed by atoms with Crippen LogP contribution >= 0.6 is 0 Å². The van der Waals surface area contributed by atoms with Crippen molar-refractivity contribution in [3.05, 3.63) is 59.7 Å². The average molecular weight is 304 g/mol. The predicted molar refractivity (Wildman–Crippen MR) is 86.2 cm³/mol. The zero-order valence-corrected chi connectivity index (χ0v) is 12.3. The van der Waals surface area contributed by atoms with E-state index in [9.17, 15) is 9.59 Å². The van der Waals surface area contributed by atoms with Crippen molar-refractivity contribution in [2.24, 2.45) is 0 Å². The second kappa shape index (κ2) is 4.95. The fourth-order valence-electron chi connectivity index (χ4n) is 3.07. The van der Waals surface area contributed by atoms with Gasteiger partial charge in [-0.15, -0.1) is 0 Å². The normalized spacial score (nSPS) is 11.5. The third-order valence-electron chi connectivity index (χ3n) is 4.08. The summed E-state index contributed by atoms with van der Waals surface area (Å²) in [4.78, 5) is 23.6. The van der Waals surface area contributed by atoms with Gasteiger partial charge in [0.1, 0.15) is 11.5 Å². The van der Waals surface area contributed by atoms with Crippen molar-refractivity contribution < 1.29 is 19.1 Å². The molecule has 1 aliphatic heterocycles. The summed E-state index contributed by atoms with van der Waals surface area (Å²) in [5.41, 5.74) is 2.67. The molecule has 0 saturated heterocycles. The van der Waals surface area contributed by atoms with Gasteiger partial charge in [-0.1, -0.05) is 24.3 Å². The largest absolute Gasteiger partial charge is 0.465 e. The van der Waals surface area contributed by atoms with Crippen molar-refractivity contribution in [3.63, 3.8) is 0 Å². The maximum Gasteiger partial charge on any atom is 0.338 e. The van der Waals surface area contributed by atoms with Gasteiger partial charge in [0.2, 0.25) is 0 Å². The highest BCUT2D eigenvalue weighted by atomic mass is 16.5. The van der Waals surface area contributed by atoms with E-state index in [0.29, 0.717) is 22.3 Å². The average Bonchev–Trinajstić information content (AvgIpc) is 2.61. The van der Waals surface area contributed by atoms with Gasteiger partial charge >= 0.3 is 5.97 Å². The lowest BCUT2D eigenvalue weighted by molar-refractivity contribution is 0.0603. The van der Waals surface area contributed by atoms with Crippen molar-refractivity contribution in [1.82, 2.24) is 0 Å². The number of ether oxygens (including phenoxy) is 2. The van der Waals surface area contributed by atoms with E-state index in [2.05, 4.69) is 0 Å². The number of para-hydroxylation sites is 1. The van der Waals surface area contributed by atoms with Crippen LogP contribution in [0.1, 0.15) is 20.7 Å². The monoisotopic (exact) mass is 304 g/mol. The van der Waals surface area contributed by atoms with E-state index in [1.165, 1.54) is 7.11 Å². The highest BCUT2D eigenvalue weighted by molar-refractivity contribution is 6.17. The smallest absolute Gasteiger partial charge is 0.338 e. The molecule has 0 fully saturated rings. The Morgan fingerprint density at radius 3 is 2.57 bits per heavy atom. The summed E-state index contributed by atoms with van der Waals surface area (Å²) in [6.07, 6.45) is 0.746. The third-order valence-corrected chi connectivity index (χ3v) is 4.08. The van der Waals surface area contributed by atoms with Crippen LogP contribution in [0.3, 0.4) is 0 Å². The topological polar surface area (TPSA) is 52.6 Å². The number of carbonyl (C=O) groups is 2. The minimum Gasteiger partial charge on any atom is -0.465 e. The molecular formula is C19H12O4. The molecule has 112 valence electrons. The van der Waals surface area contributed by atoms with Crippen molar-refractivity contribution >= 4 is 23.0 Å². The van der Waals surface area contributed by atoms with E-state index < -0.39 is 5.97 Å². The first-order valence-corrected chi connectivity index (χ1v) is 7.15. The van der Waals surface area contributed by atoms with Crippen LogP contribution in [0.15, 0.2) is 48.5 Å². The summed E-state index contributed by atoms with van der Waals surface area (Å²) in [5.74, 6) is 0.909. The van der Waals surface area contributed by atoms with Crippen molar-refractivity contribution in [2.45, 2.75) is 0 Å². The van der Waals surface area contributed by atoms with E-state index >= 15 is 0 Å². The summed E-state index contributed by atoms with van der Waals surface area (Å²) in [6, 6.07) is 14.7. The van der Waals surface area contributed by atoms with Crippen molar-refractivity contribution in [3.8, 4) is 22.6 Å². The van der Waals surface area contributed by atoms with Crippen LogP contribution in [-0.2, 0) is 4.74 Å². The molecule has 0 saturated carbocycles. The summed E-state index contributed by atoms with van der Waals surface area (Å²) in [7, 11) is 1.32. The first kappa shape index (κ1) is 13.5. The maximum absolute atomic E-state index is 12.1. The second-order valence-electron chi connectivity index (χ2n) is 5.27. The van der Waals surface area contributed by atoms with Crippen LogP contribution < -0.4 is 4.74 Å². The lowest BCUT2D eigenvalue weighted by Gasteiger charge is -2.22. The maximum atomic E-state index is 12.1. The van der Waals surface area contributed by atoms with E-state index in [-0.39, 0.29) is 0 Å². The predicted octanol–water partition coefficient (Wildman–Crippen LogP) is 4.21. The Kier molecular flexibility index (Phi) is 2.91. The van der Waals surface area contributed by atoms with E-state index in [4.69, 9.17) is 9.47 Å². The van der Waals surface area contributed by atoms with Gasteiger partial charge in [-0.25, -0.2) is 4.79 Å². The molecule has 0 bridgehead atoms. The molecule has 0 unspecified atom stereocenters. The zero-order chi connectivity index (χ0) is 16.0. The number of rotatable bonds is 2. The number of methoxy groups -OCH3 is 1. The van der Waals surface area contributed by atoms with Crippen LogP contribution in [0.25, 0.3) is 21.9 Å². The number of hydrogen-bond acceptors (Lipinski definition) is 4. The molecule has 3 aromatic rings. The zero-order valence-electron chi connectivity index (χ0n) is 12.3. The van der Waals surface area contributed by atoms with Gasteiger partial charge in [-0.05, 0) is 29.8 Å². The second-order valence-corrected chi connectivity index (χ2v) is 5.27. The lowest BCUT2D eigenvalue weighted by atomic mass is 9.90. The highest BCUT2D eigenvalue weighted by Crippen LogP contribution is 2.47. The van der Waals surface area contributed by atoms with Crippen LogP contribution in [0.4, 0.5) is 0 Å². The van der Waals surface area contributed by atoms with Gasteiger partial charge in [0.05, 0.1) is 12.7 Å². The molecule has 0 atom stereocenters. The third kappa shape index (κ3) is 1.85. The van der Waals surface area contributed by atoms with Crippen LogP contribution in [0.5, 0.6) is 11.5 Å². The molecule has 1 aliphatic rings. The Morgan fingerprint density at radius 2 is 1.78 bits per heavy atom. The van der Waals surface area contributed by atoms with Crippen LogP contribution in [0.2, 0.25) is 0 Å². The Balaban J connectivity index is 2.17. The molecule has 4 rings (SSSR count). The highest BCUT2D eigenvalue weighted by Gasteiger charge is 2.24. The number of hydrogen-bond donors (Lipinski definition) is 0. The first-order valence-electron chi connectivity index (χ1n) is 7.15. The molecule has 1 heterocycles. The van der Waals surface area contributed by atoms with Gasteiger partial charge in [0.15, 0.2) is 6.29 Å². The molecule has 4 heteroatoms. The molecule has 4 nitrogen and oxygen atoms in total. The summed E-state index contributed by atoms with van der Waals surface area (Å²) in [5, 5.41) is 1.33. The molecule has 0 spiro atoms. The van der Waals surface area contributed by atoms with Gasteiger partial charge in [-0.2, -0.15) is 0 Å². The molecule has 0 amide bonds. The fourth-order valence-corrected chi connectivity index (χ4v) is 3.07. The van der Waals surface area contributed by atoms with E-state index in [1.807, 2.05) is 30.3 Å². The van der Waals surface area contributed by atoms with Gasteiger partial charge in [0, 0.05) is 21.9 Å². The van der Waals surface area contributed by atoms with E-state index in [1.54, 1.807) is 18.2 Å². The minimum atomic E-state index is -0.476. The Morgan fingerprint density at radius 1 is 0.957 bits per heavy atom. The molecule has 0 aliphatic carbocycles. The van der Waals surface area contributed by atoms with Crippen LogP contribution in [-0.4, -0.2) is 19.4 Å². The summed E-state index contributed by atoms with van der Waals surface area (Å²) in [6.45, 7) is 0. The van der Waals surface area contributed by atoms with Crippen molar-refractivity contribution in [2.75, 3.05) is 7.11 Å². The molecule has 23 heavy (non-hydrogen) atoms. The number of aldehydes is 1. The van der Waals surface area contributed by atoms with Gasteiger partial charge in [0.25, 0.3) is 0 Å². The molecule has 0 aromatic heterocycles. The van der Waals surface area contributed by atoms with Crippen LogP contribution in [0, 0.1) is 0 Å². The Hall–Kier alpha value is -3.14. The minimum absolute atomic E-state index is 0.359. The van der Waals surface area contributed by atoms with E-state index in [0.717, 1.165) is 28.5 Å². The SMILES string of the molecule is COC(=O)c1ccc2c3c(ccc(C=O)c13)Oc1ccccc1-2. The Labute approximate surface area is 132 Å². The quantitative estimate of drug-likeness (QED) is 0.411. The molecule has 0 N–H and O–H groups in total. The summed E-state index contributed by atoms with van der Waals surface area (Å²) < 4.78 is 10.8. The molecule has 3 aromatic carbocycles.